The standard InChI is InChI=1S/C13H18N2O3S.C12H16N2O4.C11H14N2O4/c1-9(16)15-13(6-2-3-7-13)12-14-8-10(19-12)4-5-11(17)18;1-8(15)13-12(5-2-6-12)10-7-9(18-14-10)3-4-11(16)17;1-7(14)13-11(4-5-11)10-12-6-8(17-10)2-3-9(15)16/h8H,2-7H2,1H3,(H,15,16)(H,17,18);7H,2-6H2,1H3,(H,13,15)(H,16,17);6H,2-5H2,1H3,(H,13,14)(H,15,16). The van der Waals surface area contributed by atoms with Gasteiger partial charge in [-0.05, 0) is 51.4 Å². The number of carboxylic acids is 3. The Morgan fingerprint density at radius 1 is 0.667 bits per heavy atom. The molecule has 0 radical (unpaired) electrons. The van der Waals surface area contributed by atoms with Gasteiger partial charge in [-0.3, -0.25) is 28.8 Å². The summed E-state index contributed by atoms with van der Waals surface area (Å²) in [6.45, 7) is 4.46. The molecule has 3 aromatic heterocycles. The summed E-state index contributed by atoms with van der Waals surface area (Å²) in [6, 6.07) is 1.75. The summed E-state index contributed by atoms with van der Waals surface area (Å²) >= 11 is 1.52. The number of thiazole rings is 1. The van der Waals surface area contributed by atoms with E-state index in [1.165, 1.54) is 38.3 Å². The zero-order chi connectivity index (χ0) is 39.5. The van der Waals surface area contributed by atoms with Crippen molar-refractivity contribution in [2.24, 2.45) is 0 Å². The Bertz CT molecular complexity index is 1800. The highest BCUT2D eigenvalue weighted by atomic mass is 32.1. The maximum Gasteiger partial charge on any atom is 0.303 e. The van der Waals surface area contributed by atoms with Crippen molar-refractivity contribution in [2.75, 3.05) is 0 Å². The molecule has 3 aliphatic rings. The minimum Gasteiger partial charge on any atom is -0.481 e. The summed E-state index contributed by atoms with van der Waals surface area (Å²) in [5, 5.41) is 39.5. The molecule has 18 heteroatoms. The lowest BCUT2D eigenvalue weighted by molar-refractivity contribution is -0.138. The van der Waals surface area contributed by atoms with Crippen molar-refractivity contribution < 1.29 is 53.0 Å². The molecule has 0 atom stereocenters. The van der Waals surface area contributed by atoms with Crippen molar-refractivity contribution in [3.63, 3.8) is 0 Å². The number of nitrogens with zero attached hydrogens (tertiary/aromatic N) is 3. The highest BCUT2D eigenvalue weighted by molar-refractivity contribution is 7.11. The minimum absolute atomic E-state index is 0.0156. The van der Waals surface area contributed by atoms with Crippen molar-refractivity contribution in [2.45, 2.75) is 134 Å². The van der Waals surface area contributed by atoms with Crippen molar-refractivity contribution in [1.29, 1.82) is 0 Å². The molecular weight excluding hydrogens is 724 g/mol. The molecule has 3 saturated carbocycles. The normalized spacial score (nSPS) is 16.9. The Kier molecular flexibility index (Phi) is 14.1. The number of aryl methyl sites for hydroxylation is 3. The third kappa shape index (κ3) is 11.7. The Hall–Kier alpha value is -5.13. The number of hydrogen-bond acceptors (Lipinski definition) is 12. The number of carbonyl (C=O) groups excluding carboxylic acids is 3. The maximum atomic E-state index is 11.4. The number of nitrogens with one attached hydrogen (secondary N) is 3. The fourth-order valence-corrected chi connectivity index (χ4v) is 7.62. The molecule has 0 aliphatic heterocycles. The van der Waals surface area contributed by atoms with E-state index in [0.29, 0.717) is 42.4 Å². The fraction of sp³-hybridized carbons (Fsp3) is 0.583. The highest BCUT2D eigenvalue weighted by Crippen LogP contribution is 2.45. The van der Waals surface area contributed by atoms with Gasteiger partial charge in [0.05, 0.1) is 36.5 Å². The van der Waals surface area contributed by atoms with Crippen molar-refractivity contribution >= 4 is 47.0 Å². The summed E-state index contributed by atoms with van der Waals surface area (Å²) in [4.78, 5) is 74.6. The first-order valence-electron chi connectivity index (χ1n) is 17.9. The van der Waals surface area contributed by atoms with Gasteiger partial charge < -0.3 is 40.2 Å². The molecule has 17 nitrogen and oxygen atoms in total. The SMILES string of the molecule is CC(=O)NC1(c2cc(CCC(=O)O)on2)CCC1.CC(=O)NC1(c2ncc(CCC(=O)O)o2)CC1.CC(=O)NC1(c2ncc(CCC(=O)O)s2)CCCC1. The quantitative estimate of drug-likeness (QED) is 0.127. The molecule has 0 bridgehead atoms. The third-order valence-electron chi connectivity index (χ3n) is 9.39. The first-order valence-corrected chi connectivity index (χ1v) is 18.7. The van der Waals surface area contributed by atoms with E-state index in [9.17, 15) is 28.8 Å². The minimum atomic E-state index is -0.869. The van der Waals surface area contributed by atoms with E-state index in [2.05, 4.69) is 31.1 Å². The molecule has 3 amide bonds. The lowest BCUT2D eigenvalue weighted by Crippen LogP contribution is -2.50. The van der Waals surface area contributed by atoms with Crippen LogP contribution in [0.1, 0.15) is 131 Å². The molecule has 294 valence electrons. The van der Waals surface area contributed by atoms with Gasteiger partial charge in [-0.25, -0.2) is 9.97 Å². The Morgan fingerprint density at radius 2 is 1.19 bits per heavy atom. The smallest absolute Gasteiger partial charge is 0.303 e. The molecule has 3 fully saturated rings. The van der Waals surface area contributed by atoms with Crippen LogP contribution in [0.5, 0.6) is 0 Å². The lowest BCUT2D eigenvalue weighted by Gasteiger charge is -2.40. The summed E-state index contributed by atoms with van der Waals surface area (Å²) in [6.07, 6.45) is 12.9. The average Bonchev–Trinajstić information content (AvgIpc) is 3.63. The van der Waals surface area contributed by atoms with Crippen LogP contribution in [0.3, 0.4) is 0 Å². The molecule has 0 saturated heterocycles. The molecule has 0 unspecified atom stereocenters. The molecule has 3 heterocycles. The van der Waals surface area contributed by atoms with Gasteiger partial charge in [0.1, 0.15) is 27.8 Å². The predicted octanol–water partition coefficient (Wildman–Crippen LogP) is 4.09. The van der Waals surface area contributed by atoms with Gasteiger partial charge in [0.15, 0.2) is 0 Å². The maximum absolute atomic E-state index is 11.4. The summed E-state index contributed by atoms with van der Waals surface area (Å²) < 4.78 is 10.6. The van der Waals surface area contributed by atoms with Crippen molar-refractivity contribution in [3.8, 4) is 0 Å². The molecule has 0 aromatic carbocycles. The molecule has 6 N–H and O–H groups in total. The number of rotatable bonds is 15. The van der Waals surface area contributed by atoms with E-state index in [0.717, 1.165) is 67.7 Å². The van der Waals surface area contributed by atoms with Crippen LogP contribution in [0, 0.1) is 0 Å². The zero-order valence-corrected chi connectivity index (χ0v) is 31.5. The zero-order valence-electron chi connectivity index (χ0n) is 30.7. The Labute approximate surface area is 315 Å². The van der Waals surface area contributed by atoms with E-state index in [1.807, 2.05) is 0 Å². The summed E-state index contributed by atoms with van der Waals surface area (Å²) in [5.74, 6) is -1.22. The number of amides is 3. The number of oxazole rings is 1. The van der Waals surface area contributed by atoms with E-state index in [4.69, 9.17) is 24.3 Å². The van der Waals surface area contributed by atoms with Crippen LogP contribution in [-0.4, -0.2) is 66.1 Å². The average molecular weight is 773 g/mol. The topological polar surface area (TPSA) is 264 Å². The van der Waals surface area contributed by atoms with Gasteiger partial charge in [0.25, 0.3) is 0 Å². The van der Waals surface area contributed by atoms with Gasteiger partial charge in [-0.2, -0.15) is 0 Å². The number of hydrogen-bond donors (Lipinski definition) is 6. The number of carbonyl (C=O) groups is 6. The Balaban J connectivity index is 0.000000181. The predicted molar refractivity (Wildman–Crippen MR) is 191 cm³/mol. The van der Waals surface area contributed by atoms with Gasteiger partial charge >= 0.3 is 17.9 Å². The molecule has 3 aliphatic carbocycles. The van der Waals surface area contributed by atoms with Crippen LogP contribution in [0.25, 0.3) is 0 Å². The van der Waals surface area contributed by atoms with E-state index in [1.54, 1.807) is 12.3 Å². The number of carboxylic acid groups (broad SMARTS) is 3. The molecular formula is C36H48N6O11S. The van der Waals surface area contributed by atoms with E-state index < -0.39 is 29.0 Å². The van der Waals surface area contributed by atoms with E-state index in [-0.39, 0.29) is 42.5 Å². The monoisotopic (exact) mass is 772 g/mol. The van der Waals surface area contributed by atoms with Crippen LogP contribution in [0.15, 0.2) is 27.4 Å². The first-order chi connectivity index (χ1) is 25.5. The molecule has 0 spiro atoms. The first kappa shape index (κ1) is 41.6. The second-order valence-electron chi connectivity index (χ2n) is 14.0. The molecule has 54 heavy (non-hydrogen) atoms. The van der Waals surface area contributed by atoms with Crippen LogP contribution < -0.4 is 16.0 Å². The number of aliphatic carboxylic acids is 3. The number of aromatic nitrogens is 3. The van der Waals surface area contributed by atoms with Gasteiger partial charge in [0.2, 0.25) is 23.6 Å². The third-order valence-corrected chi connectivity index (χ3v) is 10.7. The van der Waals surface area contributed by atoms with Gasteiger partial charge in [0, 0.05) is 50.8 Å². The largest absolute Gasteiger partial charge is 0.481 e. The second-order valence-corrected chi connectivity index (χ2v) is 15.1. The molecule has 3 aromatic rings. The van der Waals surface area contributed by atoms with Gasteiger partial charge in [-0.15, -0.1) is 11.3 Å². The van der Waals surface area contributed by atoms with Crippen LogP contribution >= 0.6 is 11.3 Å². The van der Waals surface area contributed by atoms with Crippen molar-refractivity contribution in [3.05, 3.63) is 51.4 Å². The fourth-order valence-electron chi connectivity index (χ4n) is 6.51. The summed E-state index contributed by atoms with van der Waals surface area (Å²) in [5.41, 5.74) is -0.480. The van der Waals surface area contributed by atoms with Gasteiger partial charge in [-0.1, -0.05) is 18.0 Å². The van der Waals surface area contributed by atoms with Crippen LogP contribution in [-0.2, 0) is 64.6 Å². The van der Waals surface area contributed by atoms with E-state index >= 15 is 0 Å². The lowest BCUT2D eigenvalue weighted by atomic mass is 9.74. The van der Waals surface area contributed by atoms with Crippen molar-refractivity contribution in [1.82, 2.24) is 31.1 Å². The highest BCUT2D eigenvalue weighted by Gasteiger charge is 2.49. The Morgan fingerprint density at radius 3 is 1.70 bits per heavy atom. The second kappa shape index (κ2) is 18.3. The summed E-state index contributed by atoms with van der Waals surface area (Å²) in [7, 11) is 0. The molecule has 6 rings (SSSR count). The van der Waals surface area contributed by atoms with Crippen LogP contribution in [0.2, 0.25) is 0 Å². The van der Waals surface area contributed by atoms with Crippen LogP contribution in [0.4, 0.5) is 0 Å².